The second kappa shape index (κ2) is 8.79. The van der Waals surface area contributed by atoms with Crippen molar-refractivity contribution in [3.05, 3.63) is 29.3 Å². The van der Waals surface area contributed by atoms with Crippen LogP contribution in [-0.2, 0) is 24.2 Å². The lowest BCUT2D eigenvalue weighted by Crippen LogP contribution is -2.62. The first-order valence-electron chi connectivity index (χ1n) is 9.82. The number of sulfonamides is 1. The maximum atomic E-state index is 13.6. The number of methoxy groups -OCH3 is 1. The van der Waals surface area contributed by atoms with Crippen LogP contribution < -0.4 is 0 Å². The van der Waals surface area contributed by atoms with Crippen LogP contribution >= 0.6 is 11.6 Å². The van der Waals surface area contributed by atoms with Crippen LogP contribution in [0.25, 0.3) is 5.52 Å². The molecule has 0 atom stereocenters. The summed E-state index contributed by atoms with van der Waals surface area (Å²) >= 11 is 6.33. The molecule has 0 amide bonds. The van der Waals surface area contributed by atoms with Crippen LogP contribution in [0.5, 0.6) is 0 Å². The Hall–Kier alpha value is -1.50. The SMILES string of the molecule is COC(=O)c1ncc2c(Cl)cc(S(=O)(=O)N(COCC[Si](C)(C)C)C3(C)COC3)cn12. The molecule has 12 heteroatoms. The molecule has 2 aromatic rings. The van der Waals surface area contributed by atoms with Crippen molar-refractivity contribution < 1.29 is 27.4 Å². The first-order valence-corrected chi connectivity index (χ1v) is 15.3. The second-order valence-corrected chi connectivity index (χ2v) is 16.9. The zero-order chi connectivity index (χ0) is 23.0. The van der Waals surface area contributed by atoms with Crippen molar-refractivity contribution in [1.29, 1.82) is 0 Å². The summed E-state index contributed by atoms with van der Waals surface area (Å²) in [5.74, 6) is -0.760. The van der Waals surface area contributed by atoms with Gasteiger partial charge in [-0.15, -0.1) is 0 Å². The van der Waals surface area contributed by atoms with E-state index in [1.807, 2.05) is 6.92 Å². The molecule has 3 rings (SSSR count). The van der Waals surface area contributed by atoms with Crippen LogP contribution in [0.3, 0.4) is 0 Å². The summed E-state index contributed by atoms with van der Waals surface area (Å²) in [5, 5.41) is 0.151. The molecule has 9 nitrogen and oxygen atoms in total. The molecule has 0 radical (unpaired) electrons. The fourth-order valence-corrected chi connectivity index (χ4v) is 5.86. The number of imidazole rings is 1. The molecule has 1 aliphatic heterocycles. The predicted octanol–water partition coefficient (Wildman–Crippen LogP) is 2.87. The maximum absolute atomic E-state index is 13.6. The molecule has 2 aromatic heterocycles. The molecular formula is C19H28ClN3O6SSi. The van der Waals surface area contributed by atoms with Crippen LogP contribution in [-0.4, -0.2) is 75.4 Å². The largest absolute Gasteiger partial charge is 0.463 e. The predicted molar refractivity (Wildman–Crippen MR) is 119 cm³/mol. The van der Waals surface area contributed by atoms with Gasteiger partial charge >= 0.3 is 5.97 Å². The number of aromatic nitrogens is 2. The summed E-state index contributed by atoms with van der Waals surface area (Å²) < 4.78 is 45.7. The minimum Gasteiger partial charge on any atom is -0.463 e. The fourth-order valence-electron chi connectivity index (χ4n) is 3.12. The van der Waals surface area contributed by atoms with Crippen molar-refractivity contribution in [2.75, 3.05) is 33.7 Å². The number of hydrogen-bond donors (Lipinski definition) is 0. The number of carbonyl (C=O) groups is 1. The Bertz CT molecular complexity index is 1080. The number of esters is 1. The molecule has 3 heterocycles. The fraction of sp³-hybridized carbons (Fsp3) is 0.579. The smallest absolute Gasteiger partial charge is 0.374 e. The van der Waals surface area contributed by atoms with Crippen LogP contribution in [0.2, 0.25) is 30.7 Å². The van der Waals surface area contributed by atoms with Gasteiger partial charge in [-0.3, -0.25) is 4.40 Å². The lowest BCUT2D eigenvalue weighted by molar-refractivity contribution is -0.124. The van der Waals surface area contributed by atoms with Crippen molar-refractivity contribution >= 4 is 41.2 Å². The van der Waals surface area contributed by atoms with Crippen molar-refractivity contribution in [2.24, 2.45) is 0 Å². The Morgan fingerprint density at radius 3 is 2.61 bits per heavy atom. The summed E-state index contributed by atoms with van der Waals surface area (Å²) in [4.78, 5) is 16.0. The van der Waals surface area contributed by atoms with Crippen molar-refractivity contribution in [3.63, 3.8) is 0 Å². The van der Waals surface area contributed by atoms with Gasteiger partial charge in [0.05, 0.1) is 42.6 Å². The average Bonchev–Trinajstić information content (AvgIpc) is 3.09. The topological polar surface area (TPSA) is 99.4 Å². The molecule has 1 fully saturated rings. The van der Waals surface area contributed by atoms with Crippen molar-refractivity contribution in [1.82, 2.24) is 13.7 Å². The average molecular weight is 490 g/mol. The van der Waals surface area contributed by atoms with Crippen molar-refractivity contribution in [3.8, 4) is 0 Å². The molecule has 31 heavy (non-hydrogen) atoms. The van der Waals surface area contributed by atoms with Gasteiger partial charge in [0, 0.05) is 20.9 Å². The van der Waals surface area contributed by atoms with E-state index < -0.39 is 29.6 Å². The molecular weight excluding hydrogens is 462 g/mol. The molecule has 0 N–H and O–H groups in total. The van der Waals surface area contributed by atoms with Gasteiger partial charge in [-0.2, -0.15) is 4.31 Å². The Morgan fingerprint density at radius 1 is 1.39 bits per heavy atom. The van der Waals surface area contributed by atoms with E-state index >= 15 is 0 Å². The van der Waals surface area contributed by atoms with E-state index in [4.69, 9.17) is 25.8 Å². The van der Waals surface area contributed by atoms with Gasteiger partial charge in [0.2, 0.25) is 15.8 Å². The molecule has 1 aliphatic rings. The second-order valence-electron chi connectivity index (χ2n) is 9.04. The van der Waals surface area contributed by atoms with Gasteiger partial charge in [0.25, 0.3) is 0 Å². The van der Waals surface area contributed by atoms with E-state index in [0.717, 1.165) is 6.04 Å². The quantitative estimate of drug-likeness (QED) is 0.231. The third kappa shape index (κ3) is 4.96. The Morgan fingerprint density at radius 2 is 2.06 bits per heavy atom. The molecule has 0 bridgehead atoms. The number of ether oxygens (including phenoxy) is 3. The third-order valence-electron chi connectivity index (χ3n) is 5.16. The lowest BCUT2D eigenvalue weighted by Gasteiger charge is -2.45. The van der Waals surface area contributed by atoms with Gasteiger partial charge in [0.15, 0.2) is 0 Å². The number of halogens is 1. The third-order valence-corrected chi connectivity index (χ3v) is 9.11. The summed E-state index contributed by atoms with van der Waals surface area (Å²) in [7, 11) is -4.12. The molecule has 1 saturated heterocycles. The highest BCUT2D eigenvalue weighted by atomic mass is 35.5. The summed E-state index contributed by atoms with van der Waals surface area (Å²) in [6.45, 7) is 9.40. The van der Waals surface area contributed by atoms with Gasteiger partial charge in [-0.25, -0.2) is 18.2 Å². The first kappa shape index (κ1) is 24.1. The number of carbonyl (C=O) groups excluding carboxylic acids is 1. The van der Waals surface area contributed by atoms with Crippen LogP contribution in [0.4, 0.5) is 0 Å². The standard InChI is InChI=1S/C19H28ClN3O6SSi/c1-19(11-29-12-19)23(13-28-6-7-31(3,4)5)30(25,26)14-8-15(20)16-9-21-17(18(24)27-2)22(16)10-14/h8-10H,6-7,11-13H2,1-5H3. The maximum Gasteiger partial charge on any atom is 0.374 e. The zero-order valence-corrected chi connectivity index (χ0v) is 20.9. The highest BCUT2D eigenvalue weighted by molar-refractivity contribution is 7.89. The Labute approximate surface area is 188 Å². The highest BCUT2D eigenvalue weighted by Crippen LogP contribution is 2.32. The van der Waals surface area contributed by atoms with E-state index in [2.05, 4.69) is 24.6 Å². The molecule has 0 spiro atoms. The molecule has 0 saturated carbocycles. The van der Waals surface area contributed by atoms with E-state index in [0.29, 0.717) is 12.1 Å². The molecule has 0 aromatic carbocycles. The first-order chi connectivity index (χ1) is 14.4. The highest BCUT2D eigenvalue weighted by Gasteiger charge is 2.46. The summed E-state index contributed by atoms with van der Waals surface area (Å²) in [6, 6.07) is 2.27. The minimum absolute atomic E-state index is 0.0624. The van der Waals surface area contributed by atoms with Gasteiger partial charge in [0.1, 0.15) is 11.6 Å². The van der Waals surface area contributed by atoms with Crippen LogP contribution in [0.15, 0.2) is 23.4 Å². The monoisotopic (exact) mass is 489 g/mol. The van der Waals surface area contributed by atoms with E-state index in [9.17, 15) is 13.2 Å². The zero-order valence-electron chi connectivity index (χ0n) is 18.3. The number of fused-ring (bicyclic) bond motifs is 1. The molecule has 0 aliphatic carbocycles. The lowest BCUT2D eigenvalue weighted by atomic mass is 10.0. The Balaban J connectivity index is 1.97. The number of nitrogens with zero attached hydrogens (tertiary/aromatic N) is 3. The van der Waals surface area contributed by atoms with E-state index in [1.165, 1.54) is 34.3 Å². The normalized spacial score (nSPS) is 16.5. The molecule has 172 valence electrons. The molecule has 0 unspecified atom stereocenters. The van der Waals surface area contributed by atoms with Gasteiger partial charge in [-0.1, -0.05) is 31.2 Å². The summed E-state index contributed by atoms with van der Waals surface area (Å²) in [5.41, 5.74) is -0.336. The van der Waals surface area contributed by atoms with Crippen LogP contribution in [0.1, 0.15) is 17.5 Å². The van der Waals surface area contributed by atoms with E-state index in [-0.39, 0.29) is 35.7 Å². The van der Waals surface area contributed by atoms with E-state index in [1.54, 1.807) is 0 Å². The van der Waals surface area contributed by atoms with Crippen molar-refractivity contribution in [2.45, 2.75) is 43.0 Å². The van der Waals surface area contributed by atoms with Crippen LogP contribution in [0, 0.1) is 0 Å². The minimum atomic E-state index is -4.02. The van der Waals surface area contributed by atoms with Gasteiger partial charge in [-0.05, 0) is 19.0 Å². The van der Waals surface area contributed by atoms with Gasteiger partial charge < -0.3 is 14.2 Å². The number of rotatable bonds is 9. The Kier molecular flexibility index (Phi) is 6.85. The summed E-state index contributed by atoms with van der Waals surface area (Å²) in [6.07, 6.45) is 2.72. The number of pyridine rings is 1. The number of hydrogen-bond acceptors (Lipinski definition) is 7.